The fourth-order valence-electron chi connectivity index (χ4n) is 1.35. The van der Waals surface area contributed by atoms with Gasteiger partial charge in [0.25, 0.3) is 0 Å². The van der Waals surface area contributed by atoms with E-state index in [9.17, 15) is 4.79 Å². The lowest BCUT2D eigenvalue weighted by Crippen LogP contribution is -2.21. The van der Waals surface area contributed by atoms with Crippen LogP contribution in [-0.2, 0) is 7.05 Å². The molecule has 0 unspecified atom stereocenters. The molecule has 0 aliphatic heterocycles. The molecule has 0 fully saturated rings. The Labute approximate surface area is 96.8 Å². The molecular formula is C10H10ClN3O2. The van der Waals surface area contributed by atoms with Gasteiger partial charge in [-0.15, -0.1) is 5.10 Å². The Balaban J connectivity index is 2.56. The number of nitrogens with zero attached hydrogens (tertiary/aromatic N) is 3. The molecule has 0 saturated carbocycles. The molecule has 0 aliphatic carbocycles. The highest BCUT2D eigenvalue weighted by Crippen LogP contribution is 2.12. The summed E-state index contributed by atoms with van der Waals surface area (Å²) in [4.78, 5) is 11.8. The summed E-state index contributed by atoms with van der Waals surface area (Å²) in [6, 6.07) is 7.10. The van der Waals surface area contributed by atoms with E-state index in [0.717, 1.165) is 0 Å². The predicted octanol–water partition coefficient (Wildman–Crippen LogP) is 1.23. The summed E-state index contributed by atoms with van der Waals surface area (Å²) in [7, 11) is 3.06. The average Bonchev–Trinajstić information content (AvgIpc) is 2.57. The smallest absolute Gasteiger partial charge is 0.353 e. The molecule has 6 heteroatoms. The van der Waals surface area contributed by atoms with Crippen LogP contribution in [0.4, 0.5) is 0 Å². The van der Waals surface area contributed by atoms with E-state index in [-0.39, 0.29) is 11.7 Å². The van der Waals surface area contributed by atoms with Gasteiger partial charge in [-0.2, -0.15) is 4.68 Å². The van der Waals surface area contributed by atoms with Gasteiger partial charge >= 0.3 is 11.7 Å². The van der Waals surface area contributed by atoms with Gasteiger partial charge in [-0.05, 0) is 24.3 Å². The quantitative estimate of drug-likeness (QED) is 0.792. The third-order valence-corrected chi connectivity index (χ3v) is 2.45. The first-order valence-corrected chi connectivity index (χ1v) is 4.97. The summed E-state index contributed by atoms with van der Waals surface area (Å²) >= 11 is 5.76. The maximum atomic E-state index is 11.8. The van der Waals surface area contributed by atoms with E-state index in [1.54, 1.807) is 31.3 Å². The zero-order chi connectivity index (χ0) is 11.7. The Morgan fingerprint density at radius 2 is 1.94 bits per heavy atom. The molecule has 16 heavy (non-hydrogen) atoms. The van der Waals surface area contributed by atoms with Crippen LogP contribution in [0.5, 0.6) is 6.01 Å². The molecule has 0 bridgehead atoms. The van der Waals surface area contributed by atoms with Crippen molar-refractivity contribution in [3.05, 3.63) is 39.8 Å². The topological polar surface area (TPSA) is 49.1 Å². The zero-order valence-electron chi connectivity index (χ0n) is 8.85. The number of methoxy groups -OCH3 is 1. The van der Waals surface area contributed by atoms with Crippen molar-refractivity contribution in [1.82, 2.24) is 14.3 Å². The summed E-state index contributed by atoms with van der Waals surface area (Å²) in [6.07, 6.45) is 0. The van der Waals surface area contributed by atoms with Crippen molar-refractivity contribution in [2.45, 2.75) is 0 Å². The highest BCUT2D eigenvalue weighted by atomic mass is 35.5. The molecule has 5 nitrogen and oxygen atoms in total. The molecule has 1 aromatic heterocycles. The molecule has 2 rings (SSSR count). The third-order valence-electron chi connectivity index (χ3n) is 2.19. The monoisotopic (exact) mass is 239 g/mol. The van der Waals surface area contributed by atoms with Gasteiger partial charge < -0.3 is 4.74 Å². The van der Waals surface area contributed by atoms with Crippen molar-refractivity contribution < 1.29 is 4.74 Å². The summed E-state index contributed by atoms with van der Waals surface area (Å²) in [5, 5.41) is 4.64. The second kappa shape index (κ2) is 4.02. The maximum Gasteiger partial charge on any atom is 0.353 e. The Kier molecular flexibility index (Phi) is 2.70. The number of hydrogen-bond donors (Lipinski definition) is 0. The second-order valence-electron chi connectivity index (χ2n) is 3.22. The highest BCUT2D eigenvalue weighted by molar-refractivity contribution is 6.30. The van der Waals surface area contributed by atoms with Gasteiger partial charge in [-0.1, -0.05) is 11.6 Å². The SMILES string of the molecule is COc1nn(-c2ccc(Cl)cc2)c(=O)n1C. The van der Waals surface area contributed by atoms with Crippen molar-refractivity contribution in [3.63, 3.8) is 0 Å². The lowest BCUT2D eigenvalue weighted by Gasteiger charge is -1.97. The third kappa shape index (κ3) is 1.69. The predicted molar refractivity (Wildman–Crippen MR) is 60.4 cm³/mol. The van der Waals surface area contributed by atoms with Crippen LogP contribution < -0.4 is 10.4 Å². The minimum Gasteiger partial charge on any atom is -0.467 e. The lowest BCUT2D eigenvalue weighted by molar-refractivity contribution is 0.362. The molecule has 0 radical (unpaired) electrons. The number of benzene rings is 1. The van der Waals surface area contributed by atoms with Crippen LogP contribution in [0.15, 0.2) is 29.1 Å². The standard InChI is InChI=1S/C10H10ClN3O2/c1-13-9(16-2)12-14(10(13)15)8-5-3-7(11)4-6-8/h3-6H,1-2H3. The maximum absolute atomic E-state index is 11.8. The van der Waals surface area contributed by atoms with E-state index in [1.807, 2.05) is 0 Å². The fraction of sp³-hybridized carbons (Fsp3) is 0.200. The van der Waals surface area contributed by atoms with Gasteiger partial charge in [0.05, 0.1) is 12.8 Å². The van der Waals surface area contributed by atoms with Crippen LogP contribution >= 0.6 is 11.6 Å². The Morgan fingerprint density at radius 3 is 2.44 bits per heavy atom. The van der Waals surface area contributed by atoms with E-state index in [0.29, 0.717) is 10.7 Å². The largest absolute Gasteiger partial charge is 0.467 e. The van der Waals surface area contributed by atoms with Crippen LogP contribution in [0, 0.1) is 0 Å². The minimum atomic E-state index is -0.265. The van der Waals surface area contributed by atoms with Crippen LogP contribution in [-0.4, -0.2) is 21.5 Å². The van der Waals surface area contributed by atoms with Crippen LogP contribution in [0.1, 0.15) is 0 Å². The number of aromatic nitrogens is 3. The van der Waals surface area contributed by atoms with E-state index in [1.165, 1.54) is 16.4 Å². The summed E-state index contributed by atoms with van der Waals surface area (Å²) in [6.45, 7) is 0. The van der Waals surface area contributed by atoms with Gasteiger partial charge in [-0.25, -0.2) is 9.36 Å². The van der Waals surface area contributed by atoms with Crippen LogP contribution in [0.25, 0.3) is 5.69 Å². The van der Waals surface area contributed by atoms with Crippen molar-refractivity contribution in [2.24, 2.45) is 7.05 Å². The molecule has 0 N–H and O–H groups in total. The van der Waals surface area contributed by atoms with Gasteiger partial charge in [0, 0.05) is 12.1 Å². The van der Waals surface area contributed by atoms with E-state index in [4.69, 9.17) is 16.3 Å². The van der Waals surface area contributed by atoms with Gasteiger partial charge in [0.2, 0.25) is 0 Å². The van der Waals surface area contributed by atoms with Crippen molar-refractivity contribution >= 4 is 11.6 Å². The molecule has 0 saturated heterocycles. The van der Waals surface area contributed by atoms with Crippen molar-refractivity contribution in [2.75, 3.05) is 7.11 Å². The molecule has 2 aromatic rings. The first-order chi connectivity index (χ1) is 7.63. The molecule has 0 atom stereocenters. The van der Waals surface area contributed by atoms with E-state index >= 15 is 0 Å². The van der Waals surface area contributed by atoms with E-state index in [2.05, 4.69) is 5.10 Å². The van der Waals surface area contributed by atoms with E-state index < -0.39 is 0 Å². The molecule has 84 valence electrons. The number of hydrogen-bond acceptors (Lipinski definition) is 3. The first-order valence-electron chi connectivity index (χ1n) is 4.59. The van der Waals surface area contributed by atoms with Crippen molar-refractivity contribution in [1.29, 1.82) is 0 Å². The Hall–Kier alpha value is -1.75. The molecule has 0 aliphatic rings. The normalized spacial score (nSPS) is 10.4. The number of ether oxygens (including phenoxy) is 1. The molecule has 0 spiro atoms. The lowest BCUT2D eigenvalue weighted by atomic mass is 10.3. The zero-order valence-corrected chi connectivity index (χ0v) is 9.60. The van der Waals surface area contributed by atoms with Gasteiger partial charge in [0.15, 0.2) is 0 Å². The van der Waals surface area contributed by atoms with Crippen LogP contribution in [0.2, 0.25) is 5.02 Å². The highest BCUT2D eigenvalue weighted by Gasteiger charge is 2.11. The second-order valence-corrected chi connectivity index (χ2v) is 3.65. The van der Waals surface area contributed by atoms with Crippen molar-refractivity contribution in [3.8, 4) is 11.7 Å². The minimum absolute atomic E-state index is 0.264. The first kappa shape index (κ1) is 10.8. The van der Waals surface area contributed by atoms with Gasteiger partial charge in [0.1, 0.15) is 0 Å². The summed E-state index contributed by atoms with van der Waals surface area (Å²) < 4.78 is 7.54. The number of halogens is 1. The molecule has 1 aromatic carbocycles. The van der Waals surface area contributed by atoms with Gasteiger partial charge in [-0.3, -0.25) is 0 Å². The Bertz CT molecular complexity index is 556. The molecular weight excluding hydrogens is 230 g/mol. The summed E-state index contributed by atoms with van der Waals surface area (Å²) in [5.41, 5.74) is 0.382. The van der Waals surface area contributed by atoms with Crippen LogP contribution in [0.3, 0.4) is 0 Å². The average molecular weight is 240 g/mol. The fourth-order valence-corrected chi connectivity index (χ4v) is 1.47. The Morgan fingerprint density at radius 1 is 1.31 bits per heavy atom. The molecule has 1 heterocycles. The molecule has 0 amide bonds. The number of rotatable bonds is 2. The summed E-state index contributed by atoms with van der Waals surface area (Å²) in [5.74, 6) is 0.